The Morgan fingerprint density at radius 3 is 2.70 bits per heavy atom. The molecule has 0 fully saturated rings. The van der Waals surface area contributed by atoms with Crippen LogP contribution in [-0.2, 0) is 0 Å². The van der Waals surface area contributed by atoms with E-state index in [4.69, 9.17) is 28.2 Å². The number of nitrogens with one attached hydrogen (secondary N) is 1. The Hall–Kier alpha value is -1.52. The lowest BCUT2D eigenvalue weighted by Gasteiger charge is -2.14. The summed E-state index contributed by atoms with van der Waals surface area (Å²) in [6, 6.07) is 7.89. The van der Waals surface area contributed by atoms with E-state index in [0.29, 0.717) is 9.79 Å². The predicted octanol–water partition coefficient (Wildman–Crippen LogP) is 5.17. The largest absolute Gasteiger partial charge is 0.466 e. The molecule has 0 spiro atoms. The van der Waals surface area contributed by atoms with Crippen LogP contribution in [0.2, 0.25) is 5.02 Å². The van der Waals surface area contributed by atoms with E-state index in [-0.39, 0.29) is 6.04 Å². The standard InChI is InChI=1S/C15H15ClN2OS/c1-8-6-12(10(3)19-8)9(2)18-14-7-11(16)4-5-13(14)17-15(18)20/h4-7,9H,1-3H3,(H,17,20). The average molecular weight is 307 g/mol. The summed E-state index contributed by atoms with van der Waals surface area (Å²) in [5.41, 5.74) is 3.14. The highest BCUT2D eigenvalue weighted by Gasteiger charge is 2.17. The molecule has 3 rings (SSSR count). The van der Waals surface area contributed by atoms with Crippen molar-refractivity contribution < 1.29 is 4.42 Å². The number of aromatic amines is 1. The first-order valence-corrected chi connectivity index (χ1v) is 7.22. The Labute approximate surface area is 127 Å². The molecule has 1 atom stereocenters. The summed E-state index contributed by atoms with van der Waals surface area (Å²) in [6.07, 6.45) is 0. The van der Waals surface area contributed by atoms with Crippen molar-refractivity contribution in [2.75, 3.05) is 0 Å². The molecule has 3 aromatic rings. The molecule has 5 heteroatoms. The van der Waals surface area contributed by atoms with Crippen LogP contribution in [0.5, 0.6) is 0 Å². The number of hydrogen-bond donors (Lipinski definition) is 1. The zero-order valence-corrected chi connectivity index (χ0v) is 13.1. The second kappa shape index (κ2) is 4.79. The summed E-state index contributed by atoms with van der Waals surface area (Å²) >= 11 is 11.6. The van der Waals surface area contributed by atoms with Gasteiger partial charge in [-0.3, -0.25) is 0 Å². The third-order valence-electron chi connectivity index (χ3n) is 3.60. The molecule has 0 bridgehead atoms. The molecule has 0 aliphatic rings. The van der Waals surface area contributed by atoms with Gasteiger partial charge in [0.15, 0.2) is 4.77 Å². The molecule has 20 heavy (non-hydrogen) atoms. The van der Waals surface area contributed by atoms with Crippen molar-refractivity contribution in [1.29, 1.82) is 0 Å². The maximum atomic E-state index is 6.11. The lowest BCUT2D eigenvalue weighted by atomic mass is 10.1. The van der Waals surface area contributed by atoms with Gasteiger partial charge in [-0.15, -0.1) is 0 Å². The lowest BCUT2D eigenvalue weighted by Crippen LogP contribution is -2.07. The molecular formula is C15H15ClN2OS. The Bertz CT molecular complexity index is 843. The third-order valence-corrected chi connectivity index (χ3v) is 4.13. The molecular weight excluding hydrogens is 292 g/mol. The number of hydrogen-bond acceptors (Lipinski definition) is 2. The zero-order valence-electron chi connectivity index (χ0n) is 11.5. The number of rotatable bonds is 2. The van der Waals surface area contributed by atoms with Gasteiger partial charge < -0.3 is 14.0 Å². The Kier molecular flexibility index (Phi) is 3.22. The van der Waals surface area contributed by atoms with Crippen LogP contribution < -0.4 is 0 Å². The smallest absolute Gasteiger partial charge is 0.178 e. The fraction of sp³-hybridized carbons (Fsp3) is 0.267. The Morgan fingerprint density at radius 1 is 1.30 bits per heavy atom. The van der Waals surface area contributed by atoms with Crippen LogP contribution in [0.4, 0.5) is 0 Å². The molecule has 1 N–H and O–H groups in total. The van der Waals surface area contributed by atoms with Crippen LogP contribution in [0.1, 0.15) is 30.0 Å². The van der Waals surface area contributed by atoms with Crippen molar-refractivity contribution in [2.24, 2.45) is 0 Å². The quantitative estimate of drug-likeness (QED) is 0.663. The van der Waals surface area contributed by atoms with E-state index in [1.807, 2.05) is 32.0 Å². The molecule has 1 unspecified atom stereocenters. The van der Waals surface area contributed by atoms with Gasteiger partial charge in [-0.1, -0.05) is 11.6 Å². The molecule has 0 aliphatic heterocycles. The lowest BCUT2D eigenvalue weighted by molar-refractivity contribution is 0.495. The van der Waals surface area contributed by atoms with Crippen LogP contribution >= 0.6 is 23.8 Å². The normalized spacial score (nSPS) is 13.0. The highest BCUT2D eigenvalue weighted by molar-refractivity contribution is 7.71. The number of halogens is 1. The number of furan rings is 1. The summed E-state index contributed by atoms with van der Waals surface area (Å²) in [5.74, 6) is 1.84. The SMILES string of the molecule is Cc1cc(C(C)n2c(=S)[nH]c3ccc(Cl)cc32)c(C)o1. The van der Waals surface area contributed by atoms with Crippen LogP contribution in [0.15, 0.2) is 28.7 Å². The van der Waals surface area contributed by atoms with Gasteiger partial charge in [-0.2, -0.15) is 0 Å². The molecule has 0 saturated carbocycles. The highest BCUT2D eigenvalue weighted by atomic mass is 35.5. The average Bonchev–Trinajstić information content (AvgIpc) is 2.87. The van der Waals surface area contributed by atoms with Crippen molar-refractivity contribution >= 4 is 34.9 Å². The van der Waals surface area contributed by atoms with Crippen LogP contribution in [0.25, 0.3) is 11.0 Å². The van der Waals surface area contributed by atoms with Gasteiger partial charge in [0.25, 0.3) is 0 Å². The molecule has 0 saturated heterocycles. The fourth-order valence-electron chi connectivity index (χ4n) is 2.68. The van der Waals surface area contributed by atoms with Gasteiger partial charge in [0, 0.05) is 10.6 Å². The molecule has 0 aliphatic carbocycles. The molecule has 0 radical (unpaired) electrons. The van der Waals surface area contributed by atoms with Crippen LogP contribution in [-0.4, -0.2) is 9.55 Å². The van der Waals surface area contributed by atoms with E-state index in [1.165, 1.54) is 0 Å². The summed E-state index contributed by atoms with van der Waals surface area (Å²) in [7, 11) is 0. The van der Waals surface area contributed by atoms with E-state index in [1.54, 1.807) is 0 Å². The molecule has 3 nitrogen and oxygen atoms in total. The molecule has 0 amide bonds. The van der Waals surface area contributed by atoms with Crippen molar-refractivity contribution in [1.82, 2.24) is 9.55 Å². The maximum Gasteiger partial charge on any atom is 0.178 e. The van der Waals surface area contributed by atoms with Gasteiger partial charge in [0.2, 0.25) is 0 Å². The van der Waals surface area contributed by atoms with Crippen molar-refractivity contribution in [3.8, 4) is 0 Å². The van der Waals surface area contributed by atoms with Gasteiger partial charge >= 0.3 is 0 Å². The maximum absolute atomic E-state index is 6.11. The molecule has 104 valence electrons. The predicted molar refractivity (Wildman–Crippen MR) is 84.1 cm³/mol. The van der Waals surface area contributed by atoms with Gasteiger partial charge in [0.1, 0.15) is 11.5 Å². The summed E-state index contributed by atoms with van der Waals surface area (Å²) in [6.45, 7) is 6.04. The molecule has 2 heterocycles. The first-order valence-electron chi connectivity index (χ1n) is 6.44. The van der Waals surface area contributed by atoms with E-state index in [0.717, 1.165) is 28.1 Å². The number of nitrogens with zero attached hydrogens (tertiary/aromatic N) is 1. The Morgan fingerprint density at radius 2 is 2.05 bits per heavy atom. The summed E-state index contributed by atoms with van der Waals surface area (Å²) < 4.78 is 8.39. The Balaban J connectivity index is 2.23. The monoisotopic (exact) mass is 306 g/mol. The number of H-pyrrole nitrogens is 1. The van der Waals surface area contributed by atoms with E-state index in [9.17, 15) is 0 Å². The van der Waals surface area contributed by atoms with Crippen molar-refractivity contribution in [3.05, 3.63) is 51.1 Å². The first kappa shape index (κ1) is 13.5. The minimum Gasteiger partial charge on any atom is -0.466 e. The van der Waals surface area contributed by atoms with E-state index in [2.05, 4.69) is 22.5 Å². The summed E-state index contributed by atoms with van der Waals surface area (Å²) in [4.78, 5) is 3.22. The van der Waals surface area contributed by atoms with E-state index < -0.39 is 0 Å². The van der Waals surface area contributed by atoms with Gasteiger partial charge in [-0.05, 0) is 57.3 Å². The minimum absolute atomic E-state index is 0.0900. The number of aryl methyl sites for hydroxylation is 2. The van der Waals surface area contributed by atoms with Crippen molar-refractivity contribution in [2.45, 2.75) is 26.8 Å². The number of benzene rings is 1. The second-order valence-electron chi connectivity index (χ2n) is 5.01. The molecule has 2 aromatic heterocycles. The number of imidazole rings is 1. The number of aromatic nitrogens is 2. The van der Waals surface area contributed by atoms with Crippen LogP contribution in [0, 0.1) is 18.6 Å². The minimum atomic E-state index is 0.0900. The van der Waals surface area contributed by atoms with Crippen molar-refractivity contribution in [3.63, 3.8) is 0 Å². The molecule has 1 aromatic carbocycles. The fourth-order valence-corrected chi connectivity index (χ4v) is 3.22. The topological polar surface area (TPSA) is 33.9 Å². The highest BCUT2D eigenvalue weighted by Crippen LogP contribution is 2.29. The van der Waals surface area contributed by atoms with Gasteiger partial charge in [-0.25, -0.2) is 0 Å². The summed E-state index contributed by atoms with van der Waals surface area (Å²) in [5, 5.41) is 0.701. The van der Waals surface area contributed by atoms with Crippen LogP contribution in [0.3, 0.4) is 0 Å². The first-order chi connectivity index (χ1) is 9.47. The van der Waals surface area contributed by atoms with E-state index >= 15 is 0 Å². The third kappa shape index (κ3) is 2.09. The zero-order chi connectivity index (χ0) is 14.4. The second-order valence-corrected chi connectivity index (χ2v) is 5.83. The van der Waals surface area contributed by atoms with Gasteiger partial charge in [0.05, 0.1) is 17.1 Å². The number of fused-ring (bicyclic) bond motifs is 1.